The summed E-state index contributed by atoms with van der Waals surface area (Å²) in [7, 11) is -1.85. The van der Waals surface area contributed by atoms with Crippen molar-refractivity contribution in [1.82, 2.24) is 14.2 Å². The Hall–Kier alpha value is -1.96. The minimum Gasteiger partial charge on any atom is -0.492 e. The highest BCUT2D eigenvalue weighted by molar-refractivity contribution is 7.89. The summed E-state index contributed by atoms with van der Waals surface area (Å²) in [5.41, 5.74) is 1.10. The van der Waals surface area contributed by atoms with Crippen molar-refractivity contribution in [3.63, 3.8) is 0 Å². The standard InChI is InChI=1S/C20H25N3O3S/c1-22-15-20(16-26-18-4-2-3-5-19(18)27(22,24)25)8-12-23(13-9-20)14-17-6-10-21-11-7-17/h2-7,10-11H,8-9,12-16H2,1H3. The van der Waals surface area contributed by atoms with Crippen molar-refractivity contribution >= 4 is 10.0 Å². The molecule has 2 aliphatic rings. The Morgan fingerprint density at radius 1 is 1.11 bits per heavy atom. The molecular formula is C20H25N3O3S. The van der Waals surface area contributed by atoms with Gasteiger partial charge >= 0.3 is 0 Å². The third-order valence-corrected chi connectivity index (χ3v) is 7.54. The number of nitrogens with zero attached hydrogens (tertiary/aromatic N) is 3. The Labute approximate surface area is 160 Å². The number of para-hydroxylation sites is 1. The van der Waals surface area contributed by atoms with E-state index in [2.05, 4.69) is 9.88 Å². The van der Waals surface area contributed by atoms with Crippen LogP contribution in [0.25, 0.3) is 0 Å². The Morgan fingerprint density at radius 3 is 2.56 bits per heavy atom. The second-order valence-electron chi connectivity index (χ2n) is 7.63. The van der Waals surface area contributed by atoms with Crippen LogP contribution in [-0.2, 0) is 16.6 Å². The van der Waals surface area contributed by atoms with Gasteiger partial charge in [0.2, 0.25) is 10.0 Å². The zero-order valence-corrected chi connectivity index (χ0v) is 16.4. The van der Waals surface area contributed by atoms with E-state index in [1.807, 2.05) is 30.6 Å². The predicted octanol–water partition coefficient (Wildman–Crippen LogP) is 2.38. The number of likely N-dealkylation sites (tertiary alicyclic amines) is 1. The average Bonchev–Trinajstić information content (AvgIpc) is 2.68. The van der Waals surface area contributed by atoms with Crippen LogP contribution in [0.1, 0.15) is 18.4 Å². The lowest BCUT2D eigenvalue weighted by atomic mass is 9.78. The minimum atomic E-state index is -3.53. The Balaban J connectivity index is 1.50. The topological polar surface area (TPSA) is 62.7 Å². The van der Waals surface area contributed by atoms with Crippen molar-refractivity contribution < 1.29 is 13.2 Å². The van der Waals surface area contributed by atoms with Crippen molar-refractivity contribution in [1.29, 1.82) is 0 Å². The van der Waals surface area contributed by atoms with Gasteiger partial charge in [-0.15, -0.1) is 0 Å². The number of hydrogen-bond donors (Lipinski definition) is 0. The smallest absolute Gasteiger partial charge is 0.246 e. The maximum atomic E-state index is 12.9. The maximum absolute atomic E-state index is 12.9. The maximum Gasteiger partial charge on any atom is 0.246 e. The van der Waals surface area contributed by atoms with Gasteiger partial charge < -0.3 is 4.74 Å². The predicted molar refractivity (Wildman–Crippen MR) is 103 cm³/mol. The number of ether oxygens (including phenoxy) is 1. The highest BCUT2D eigenvalue weighted by Gasteiger charge is 2.41. The molecule has 7 heteroatoms. The van der Waals surface area contributed by atoms with Crippen molar-refractivity contribution in [2.24, 2.45) is 5.41 Å². The van der Waals surface area contributed by atoms with Gasteiger partial charge in [-0.25, -0.2) is 12.7 Å². The van der Waals surface area contributed by atoms with Crippen LogP contribution in [0, 0.1) is 5.41 Å². The summed E-state index contributed by atoms with van der Waals surface area (Å²) in [6.07, 6.45) is 5.47. The highest BCUT2D eigenvalue weighted by Crippen LogP contribution is 2.38. The van der Waals surface area contributed by atoms with Crippen molar-refractivity contribution in [3.05, 3.63) is 54.4 Å². The summed E-state index contributed by atoms with van der Waals surface area (Å²) in [5, 5.41) is 0. The molecule has 1 aromatic carbocycles. The van der Waals surface area contributed by atoms with Gasteiger partial charge in [0.15, 0.2) is 0 Å². The molecule has 1 aromatic heterocycles. The molecule has 1 saturated heterocycles. The zero-order valence-electron chi connectivity index (χ0n) is 15.5. The average molecular weight is 388 g/mol. The van der Waals surface area contributed by atoms with Gasteiger partial charge in [0.25, 0.3) is 0 Å². The molecule has 4 rings (SSSR count). The molecule has 0 saturated carbocycles. The van der Waals surface area contributed by atoms with Gasteiger partial charge in [-0.3, -0.25) is 9.88 Å². The minimum absolute atomic E-state index is 0.149. The molecule has 0 unspecified atom stereocenters. The van der Waals surface area contributed by atoms with Gasteiger partial charge in [0, 0.05) is 37.9 Å². The van der Waals surface area contributed by atoms with Crippen molar-refractivity contribution in [3.8, 4) is 5.75 Å². The second kappa shape index (κ2) is 7.22. The lowest BCUT2D eigenvalue weighted by molar-refractivity contribution is 0.0361. The normalized spacial score (nSPS) is 22.4. The fourth-order valence-corrected chi connectivity index (χ4v) is 5.43. The molecule has 2 aromatic rings. The molecule has 0 amide bonds. The first kappa shape index (κ1) is 18.4. The molecule has 0 aliphatic carbocycles. The van der Waals surface area contributed by atoms with Crippen LogP contribution in [0.2, 0.25) is 0 Å². The molecule has 0 N–H and O–H groups in total. The Morgan fingerprint density at radius 2 is 1.81 bits per heavy atom. The number of rotatable bonds is 2. The number of pyridine rings is 1. The molecule has 0 bridgehead atoms. The number of sulfonamides is 1. The van der Waals surface area contributed by atoms with Crippen LogP contribution in [0.4, 0.5) is 0 Å². The van der Waals surface area contributed by atoms with E-state index in [4.69, 9.17) is 4.74 Å². The lowest BCUT2D eigenvalue weighted by Crippen LogP contribution is -2.50. The van der Waals surface area contributed by atoms with Crippen LogP contribution in [-0.4, -0.2) is 55.9 Å². The zero-order chi connectivity index (χ0) is 18.9. The molecule has 144 valence electrons. The monoisotopic (exact) mass is 387 g/mol. The first-order valence-corrected chi connectivity index (χ1v) is 10.7. The third-order valence-electron chi connectivity index (χ3n) is 5.70. The van der Waals surface area contributed by atoms with Gasteiger partial charge in [0.05, 0.1) is 6.61 Å². The number of hydrogen-bond acceptors (Lipinski definition) is 5. The Bertz CT molecular complexity index is 894. The molecule has 3 heterocycles. The molecule has 0 radical (unpaired) electrons. The van der Waals surface area contributed by atoms with E-state index in [1.165, 1.54) is 9.87 Å². The molecular weight excluding hydrogens is 362 g/mol. The lowest BCUT2D eigenvalue weighted by Gasteiger charge is -2.44. The third kappa shape index (κ3) is 3.72. The van der Waals surface area contributed by atoms with Gasteiger partial charge in [0.1, 0.15) is 10.6 Å². The second-order valence-corrected chi connectivity index (χ2v) is 9.64. The van der Waals surface area contributed by atoms with E-state index in [1.54, 1.807) is 25.2 Å². The Kier molecular flexibility index (Phi) is 4.92. The summed E-state index contributed by atoms with van der Waals surface area (Å²) < 4.78 is 33.4. The molecule has 2 aliphatic heterocycles. The van der Waals surface area contributed by atoms with Crippen molar-refractivity contribution in [2.45, 2.75) is 24.3 Å². The van der Waals surface area contributed by atoms with Crippen LogP contribution >= 0.6 is 0 Å². The molecule has 6 nitrogen and oxygen atoms in total. The number of piperidine rings is 1. The largest absolute Gasteiger partial charge is 0.492 e. The fraction of sp³-hybridized carbons (Fsp3) is 0.450. The van der Waals surface area contributed by atoms with E-state index < -0.39 is 10.0 Å². The molecule has 1 fully saturated rings. The quantitative estimate of drug-likeness (QED) is 0.792. The fourth-order valence-electron chi connectivity index (χ4n) is 4.02. The van der Waals surface area contributed by atoms with Gasteiger partial charge in [-0.1, -0.05) is 12.1 Å². The first-order valence-electron chi connectivity index (χ1n) is 9.28. The summed E-state index contributed by atoms with van der Waals surface area (Å²) in [6, 6.07) is 11.0. The number of aromatic nitrogens is 1. The number of fused-ring (bicyclic) bond motifs is 1. The van der Waals surface area contributed by atoms with Gasteiger partial charge in [-0.2, -0.15) is 0 Å². The molecule has 0 atom stereocenters. The van der Waals surface area contributed by atoms with E-state index in [9.17, 15) is 8.42 Å². The van der Waals surface area contributed by atoms with E-state index in [-0.39, 0.29) is 10.3 Å². The van der Waals surface area contributed by atoms with E-state index in [0.29, 0.717) is 18.9 Å². The van der Waals surface area contributed by atoms with Crippen molar-refractivity contribution in [2.75, 3.05) is 33.3 Å². The SMILES string of the molecule is CN1CC2(CCN(Cc3ccncc3)CC2)COc2ccccc2S1(=O)=O. The van der Waals surface area contributed by atoms with Gasteiger partial charge in [-0.05, 0) is 55.8 Å². The van der Waals surface area contributed by atoms with Crippen LogP contribution in [0.15, 0.2) is 53.7 Å². The molecule has 1 spiro atoms. The van der Waals surface area contributed by atoms with E-state index >= 15 is 0 Å². The van der Waals surface area contributed by atoms with Crippen LogP contribution in [0.3, 0.4) is 0 Å². The van der Waals surface area contributed by atoms with E-state index in [0.717, 1.165) is 32.5 Å². The summed E-state index contributed by atoms with van der Waals surface area (Å²) in [4.78, 5) is 6.75. The summed E-state index contributed by atoms with van der Waals surface area (Å²) >= 11 is 0. The molecule has 27 heavy (non-hydrogen) atoms. The summed E-state index contributed by atoms with van der Waals surface area (Å²) in [6.45, 7) is 3.80. The highest BCUT2D eigenvalue weighted by atomic mass is 32.2. The number of benzene rings is 1. The summed E-state index contributed by atoms with van der Waals surface area (Å²) in [5.74, 6) is 0.461. The first-order chi connectivity index (χ1) is 13.0. The van der Waals surface area contributed by atoms with Crippen LogP contribution < -0.4 is 4.74 Å². The van der Waals surface area contributed by atoms with Crippen LogP contribution in [0.5, 0.6) is 5.75 Å².